The maximum atomic E-state index is 11.9. The zero-order chi connectivity index (χ0) is 12.9. The van der Waals surface area contributed by atoms with Crippen LogP contribution in [0.2, 0.25) is 0 Å². The number of aryl methyl sites for hydroxylation is 1. The van der Waals surface area contributed by atoms with Gasteiger partial charge in [-0.05, 0) is 31.2 Å². The van der Waals surface area contributed by atoms with Crippen molar-refractivity contribution in [2.24, 2.45) is 5.41 Å². The number of halogens is 1. The Morgan fingerprint density at radius 3 is 2.53 bits per heavy atom. The molecule has 3 nitrogen and oxygen atoms in total. The third-order valence-corrected chi connectivity index (χ3v) is 4.67. The van der Waals surface area contributed by atoms with E-state index in [-0.39, 0.29) is 11.3 Å². The van der Waals surface area contributed by atoms with Crippen molar-refractivity contribution in [2.45, 2.75) is 33.6 Å². The zero-order valence-electron chi connectivity index (χ0n) is 10.7. The zero-order valence-corrected chi connectivity index (χ0v) is 12.3. The summed E-state index contributed by atoms with van der Waals surface area (Å²) in [5.41, 5.74) is 1.01. The Hall–Kier alpha value is -0.770. The number of rotatable bonds is 6. The van der Waals surface area contributed by atoms with Crippen LogP contribution in [0.3, 0.4) is 0 Å². The molecular formula is C13H20BrNO2. The van der Waals surface area contributed by atoms with Gasteiger partial charge in [0.05, 0.1) is 6.26 Å². The summed E-state index contributed by atoms with van der Waals surface area (Å²) in [6, 6.07) is 1.80. The van der Waals surface area contributed by atoms with Crippen LogP contribution in [0.1, 0.15) is 42.8 Å². The molecule has 0 aliphatic carbocycles. The SMILES string of the molecule is CCC(CC)(CBr)CNC(=O)c1occc1C. The van der Waals surface area contributed by atoms with E-state index in [1.54, 1.807) is 12.3 Å². The van der Waals surface area contributed by atoms with Crippen molar-refractivity contribution < 1.29 is 9.21 Å². The van der Waals surface area contributed by atoms with Gasteiger partial charge in [-0.1, -0.05) is 29.8 Å². The standard InChI is InChI=1S/C13H20BrNO2/c1-4-13(5-2,8-14)9-15-12(16)11-10(3)6-7-17-11/h6-7H,4-5,8-9H2,1-3H3,(H,15,16). The lowest BCUT2D eigenvalue weighted by molar-refractivity contribution is 0.0903. The normalized spacial score (nSPS) is 11.5. The summed E-state index contributed by atoms with van der Waals surface area (Å²) in [6.45, 7) is 6.84. The molecule has 0 aromatic carbocycles. The van der Waals surface area contributed by atoms with Crippen molar-refractivity contribution >= 4 is 21.8 Å². The highest BCUT2D eigenvalue weighted by Crippen LogP contribution is 2.27. The maximum Gasteiger partial charge on any atom is 0.287 e. The van der Waals surface area contributed by atoms with Crippen molar-refractivity contribution in [1.29, 1.82) is 0 Å². The van der Waals surface area contributed by atoms with Crippen LogP contribution in [-0.4, -0.2) is 17.8 Å². The minimum atomic E-state index is -0.125. The monoisotopic (exact) mass is 301 g/mol. The molecule has 1 amide bonds. The average molecular weight is 302 g/mol. The fraction of sp³-hybridized carbons (Fsp3) is 0.615. The number of nitrogens with one attached hydrogen (secondary N) is 1. The van der Waals surface area contributed by atoms with E-state index in [1.807, 2.05) is 6.92 Å². The van der Waals surface area contributed by atoms with Gasteiger partial charge in [-0.2, -0.15) is 0 Å². The van der Waals surface area contributed by atoms with Gasteiger partial charge in [-0.3, -0.25) is 4.79 Å². The molecule has 17 heavy (non-hydrogen) atoms. The number of hydrogen-bond donors (Lipinski definition) is 1. The summed E-state index contributed by atoms with van der Waals surface area (Å²) in [7, 11) is 0. The molecule has 0 radical (unpaired) electrons. The Balaban J connectivity index is 2.62. The molecule has 0 atom stereocenters. The first-order valence-corrected chi connectivity index (χ1v) is 7.09. The molecule has 0 saturated heterocycles. The highest BCUT2D eigenvalue weighted by Gasteiger charge is 2.26. The summed E-state index contributed by atoms with van der Waals surface area (Å²) in [5, 5.41) is 3.85. The molecule has 0 spiro atoms. The predicted molar refractivity (Wildman–Crippen MR) is 72.6 cm³/mol. The Bertz CT molecular complexity index is 361. The molecular weight excluding hydrogens is 282 g/mol. The lowest BCUT2D eigenvalue weighted by Crippen LogP contribution is -2.38. The minimum Gasteiger partial charge on any atom is -0.459 e. The van der Waals surface area contributed by atoms with Crippen molar-refractivity contribution in [2.75, 3.05) is 11.9 Å². The number of alkyl halides is 1. The second-order valence-corrected chi connectivity index (χ2v) is 5.02. The molecule has 1 aromatic rings. The minimum absolute atomic E-state index is 0.125. The van der Waals surface area contributed by atoms with E-state index in [1.165, 1.54) is 0 Å². The Morgan fingerprint density at radius 1 is 1.47 bits per heavy atom. The summed E-state index contributed by atoms with van der Waals surface area (Å²) >= 11 is 3.53. The summed E-state index contributed by atoms with van der Waals surface area (Å²) in [4.78, 5) is 11.9. The van der Waals surface area contributed by atoms with Crippen LogP contribution in [-0.2, 0) is 0 Å². The molecule has 96 valence electrons. The molecule has 4 heteroatoms. The smallest absolute Gasteiger partial charge is 0.287 e. The molecule has 1 heterocycles. The van der Waals surface area contributed by atoms with Crippen LogP contribution >= 0.6 is 15.9 Å². The molecule has 1 N–H and O–H groups in total. The largest absolute Gasteiger partial charge is 0.459 e. The van der Waals surface area contributed by atoms with E-state index in [0.717, 1.165) is 23.7 Å². The lowest BCUT2D eigenvalue weighted by Gasteiger charge is -2.29. The summed E-state index contributed by atoms with van der Waals surface area (Å²) in [5.74, 6) is 0.292. The van der Waals surface area contributed by atoms with E-state index in [2.05, 4.69) is 35.1 Å². The summed E-state index contributed by atoms with van der Waals surface area (Å²) in [6.07, 6.45) is 3.61. The molecule has 0 aliphatic heterocycles. The highest BCUT2D eigenvalue weighted by molar-refractivity contribution is 9.09. The lowest BCUT2D eigenvalue weighted by atomic mass is 9.84. The fourth-order valence-corrected chi connectivity index (χ4v) is 2.68. The number of amides is 1. The van der Waals surface area contributed by atoms with Gasteiger partial charge in [-0.25, -0.2) is 0 Å². The summed E-state index contributed by atoms with van der Waals surface area (Å²) < 4.78 is 5.17. The number of furan rings is 1. The van der Waals surface area contributed by atoms with Gasteiger partial charge in [0.2, 0.25) is 0 Å². The number of hydrogen-bond acceptors (Lipinski definition) is 2. The first-order valence-electron chi connectivity index (χ1n) is 5.97. The van der Waals surface area contributed by atoms with Gasteiger partial charge < -0.3 is 9.73 Å². The Kier molecular flexibility index (Phi) is 5.25. The molecule has 0 saturated carbocycles. The molecule has 0 bridgehead atoms. The maximum absolute atomic E-state index is 11.9. The second kappa shape index (κ2) is 6.24. The Morgan fingerprint density at radius 2 is 2.12 bits per heavy atom. The average Bonchev–Trinajstić information content (AvgIpc) is 2.78. The van der Waals surface area contributed by atoms with E-state index in [9.17, 15) is 4.79 Å². The van der Waals surface area contributed by atoms with Gasteiger partial charge in [0, 0.05) is 17.4 Å². The highest BCUT2D eigenvalue weighted by atomic mass is 79.9. The Labute approximate surface area is 111 Å². The molecule has 0 fully saturated rings. The van der Waals surface area contributed by atoms with Crippen LogP contribution in [0, 0.1) is 12.3 Å². The third-order valence-electron chi connectivity index (χ3n) is 3.48. The quantitative estimate of drug-likeness (QED) is 0.817. The van der Waals surface area contributed by atoms with Crippen molar-refractivity contribution in [3.63, 3.8) is 0 Å². The molecule has 0 aliphatic rings. The molecule has 0 unspecified atom stereocenters. The van der Waals surface area contributed by atoms with E-state index in [0.29, 0.717) is 12.3 Å². The van der Waals surface area contributed by atoms with Gasteiger partial charge >= 0.3 is 0 Å². The first-order chi connectivity index (χ1) is 8.08. The van der Waals surface area contributed by atoms with Gasteiger partial charge in [0.1, 0.15) is 0 Å². The van der Waals surface area contributed by atoms with Crippen LogP contribution in [0.5, 0.6) is 0 Å². The third kappa shape index (κ3) is 3.35. The van der Waals surface area contributed by atoms with Crippen molar-refractivity contribution in [1.82, 2.24) is 5.32 Å². The van der Waals surface area contributed by atoms with Crippen LogP contribution < -0.4 is 5.32 Å². The fourth-order valence-electron chi connectivity index (χ4n) is 1.69. The molecule has 1 rings (SSSR count). The van der Waals surface area contributed by atoms with E-state index in [4.69, 9.17) is 4.42 Å². The second-order valence-electron chi connectivity index (χ2n) is 4.46. The van der Waals surface area contributed by atoms with Crippen molar-refractivity contribution in [3.8, 4) is 0 Å². The topological polar surface area (TPSA) is 42.2 Å². The van der Waals surface area contributed by atoms with Crippen LogP contribution in [0.25, 0.3) is 0 Å². The molecule has 1 aromatic heterocycles. The van der Waals surface area contributed by atoms with Gasteiger partial charge in [0.25, 0.3) is 5.91 Å². The van der Waals surface area contributed by atoms with Gasteiger partial charge in [0.15, 0.2) is 5.76 Å². The number of carbonyl (C=O) groups is 1. The van der Waals surface area contributed by atoms with E-state index < -0.39 is 0 Å². The van der Waals surface area contributed by atoms with Gasteiger partial charge in [-0.15, -0.1) is 0 Å². The first kappa shape index (κ1) is 14.3. The van der Waals surface area contributed by atoms with Crippen LogP contribution in [0.15, 0.2) is 16.7 Å². The predicted octanol–water partition coefficient (Wildman–Crippen LogP) is 3.52. The van der Waals surface area contributed by atoms with Crippen molar-refractivity contribution in [3.05, 3.63) is 23.7 Å². The number of carbonyl (C=O) groups excluding carboxylic acids is 1. The van der Waals surface area contributed by atoms with Crippen LogP contribution in [0.4, 0.5) is 0 Å². The van der Waals surface area contributed by atoms with E-state index >= 15 is 0 Å².